The van der Waals surface area contributed by atoms with Crippen LogP contribution < -0.4 is 0 Å². The first-order valence-corrected chi connectivity index (χ1v) is 4.74. The first-order valence-electron chi connectivity index (χ1n) is 4.74. The number of phenolic OH excluding ortho intramolecular Hbond substituents is 1. The predicted octanol–water partition coefficient (Wildman–Crippen LogP) is 3.37. The molecular formula is C10H4F6N2O. The third-order valence-corrected chi connectivity index (χ3v) is 2.30. The van der Waals surface area contributed by atoms with Gasteiger partial charge in [-0.25, -0.2) is 0 Å². The Morgan fingerprint density at radius 1 is 0.789 bits per heavy atom. The number of rotatable bonds is 0. The summed E-state index contributed by atoms with van der Waals surface area (Å²) in [4.78, 5) is 0. The summed E-state index contributed by atoms with van der Waals surface area (Å²) in [6.07, 6.45) is -9.91. The lowest BCUT2D eigenvalue weighted by Crippen LogP contribution is -2.16. The molecule has 0 bridgehead atoms. The van der Waals surface area contributed by atoms with E-state index in [0.717, 1.165) is 12.1 Å². The smallest absolute Gasteiger partial charge is 0.435 e. The molecule has 1 aromatic carbocycles. The van der Waals surface area contributed by atoms with Gasteiger partial charge in [0.15, 0.2) is 11.4 Å². The Hall–Kier alpha value is -2.06. The number of fused-ring (bicyclic) bond motifs is 1. The minimum absolute atomic E-state index is 0.572. The molecule has 0 fully saturated rings. The Morgan fingerprint density at radius 2 is 1.26 bits per heavy atom. The van der Waals surface area contributed by atoms with Crippen molar-refractivity contribution in [2.45, 2.75) is 12.4 Å². The van der Waals surface area contributed by atoms with Crippen molar-refractivity contribution in [2.75, 3.05) is 0 Å². The molecule has 1 aromatic heterocycles. The van der Waals surface area contributed by atoms with E-state index in [2.05, 4.69) is 10.2 Å². The van der Waals surface area contributed by atoms with E-state index in [4.69, 9.17) is 5.11 Å². The van der Waals surface area contributed by atoms with Crippen LogP contribution in [0.2, 0.25) is 0 Å². The molecule has 2 rings (SSSR count). The van der Waals surface area contributed by atoms with Crippen LogP contribution in [0.1, 0.15) is 11.4 Å². The molecule has 0 radical (unpaired) electrons. The van der Waals surface area contributed by atoms with Crippen molar-refractivity contribution < 1.29 is 31.4 Å². The van der Waals surface area contributed by atoms with Crippen molar-refractivity contribution >= 4 is 10.8 Å². The van der Waals surface area contributed by atoms with E-state index in [1.807, 2.05) is 0 Å². The molecule has 102 valence electrons. The van der Waals surface area contributed by atoms with E-state index in [1.165, 1.54) is 0 Å². The van der Waals surface area contributed by atoms with Crippen LogP contribution in [-0.4, -0.2) is 15.3 Å². The lowest BCUT2D eigenvalue weighted by Gasteiger charge is -2.13. The van der Waals surface area contributed by atoms with Gasteiger partial charge in [0.1, 0.15) is 5.75 Å². The number of hydrogen-bond donors (Lipinski definition) is 1. The number of aromatic nitrogens is 2. The predicted molar refractivity (Wildman–Crippen MR) is 51.2 cm³/mol. The first kappa shape index (κ1) is 13.4. The van der Waals surface area contributed by atoms with Crippen molar-refractivity contribution in [3.8, 4) is 5.75 Å². The van der Waals surface area contributed by atoms with Gasteiger partial charge >= 0.3 is 12.4 Å². The van der Waals surface area contributed by atoms with Crippen LogP contribution in [0.4, 0.5) is 26.3 Å². The number of hydrogen-bond acceptors (Lipinski definition) is 3. The second kappa shape index (κ2) is 3.97. The van der Waals surface area contributed by atoms with E-state index < -0.39 is 40.3 Å². The summed E-state index contributed by atoms with van der Waals surface area (Å²) in [5, 5.41) is 12.7. The van der Waals surface area contributed by atoms with Crippen LogP contribution in [0.15, 0.2) is 18.2 Å². The fourth-order valence-electron chi connectivity index (χ4n) is 1.56. The van der Waals surface area contributed by atoms with Gasteiger partial charge < -0.3 is 5.11 Å². The molecule has 0 unspecified atom stereocenters. The molecule has 2 aromatic rings. The van der Waals surface area contributed by atoms with Gasteiger partial charge in [-0.15, -0.1) is 10.2 Å². The number of halogens is 6. The number of phenols is 1. The number of alkyl halides is 6. The van der Waals surface area contributed by atoms with Crippen LogP contribution in [0, 0.1) is 0 Å². The SMILES string of the molecule is Oc1ccc2c(C(F)(F)F)nnc(C(F)(F)F)c2c1. The minimum Gasteiger partial charge on any atom is -0.508 e. The molecule has 0 atom stereocenters. The highest BCUT2D eigenvalue weighted by atomic mass is 19.4. The fourth-order valence-corrected chi connectivity index (χ4v) is 1.56. The zero-order valence-electron chi connectivity index (χ0n) is 8.84. The molecule has 0 saturated carbocycles. The van der Waals surface area contributed by atoms with Gasteiger partial charge in [-0.2, -0.15) is 26.3 Å². The van der Waals surface area contributed by atoms with Gasteiger partial charge in [0.25, 0.3) is 0 Å². The van der Waals surface area contributed by atoms with Gasteiger partial charge in [0.2, 0.25) is 0 Å². The molecular weight excluding hydrogens is 278 g/mol. The zero-order chi connectivity index (χ0) is 14.4. The third kappa shape index (κ3) is 2.40. The maximum Gasteiger partial charge on any atom is 0.435 e. The maximum atomic E-state index is 12.6. The molecule has 0 aliphatic carbocycles. The van der Waals surface area contributed by atoms with Gasteiger partial charge in [-0.1, -0.05) is 0 Å². The minimum atomic E-state index is -4.97. The van der Waals surface area contributed by atoms with Crippen LogP contribution in [-0.2, 0) is 12.4 Å². The number of nitrogens with zero attached hydrogens (tertiary/aromatic N) is 2. The van der Waals surface area contributed by atoms with Crippen molar-refractivity contribution in [3.05, 3.63) is 29.6 Å². The number of aromatic hydroxyl groups is 1. The second-order valence-corrected chi connectivity index (χ2v) is 3.62. The fraction of sp³-hybridized carbons (Fsp3) is 0.200. The lowest BCUT2D eigenvalue weighted by atomic mass is 10.1. The molecule has 3 nitrogen and oxygen atoms in total. The highest BCUT2D eigenvalue weighted by Gasteiger charge is 2.40. The molecule has 0 amide bonds. The summed E-state index contributed by atoms with van der Waals surface area (Å²) < 4.78 is 75.6. The topological polar surface area (TPSA) is 46.0 Å². The standard InChI is InChI=1S/C10H4F6N2O/c11-9(12,13)7-5-2-1-4(19)3-6(5)8(18-17-7)10(14,15)16/h1-3,19H. The molecule has 0 saturated heterocycles. The molecule has 9 heteroatoms. The Bertz CT molecular complexity index is 634. The van der Waals surface area contributed by atoms with Gasteiger partial charge in [0, 0.05) is 10.8 Å². The van der Waals surface area contributed by atoms with E-state index in [-0.39, 0.29) is 0 Å². The van der Waals surface area contributed by atoms with Gasteiger partial charge in [-0.3, -0.25) is 0 Å². The van der Waals surface area contributed by atoms with Crippen molar-refractivity contribution in [1.29, 1.82) is 0 Å². The highest BCUT2D eigenvalue weighted by Crippen LogP contribution is 2.39. The Balaban J connectivity index is 2.88. The molecule has 0 aliphatic heterocycles. The van der Waals surface area contributed by atoms with E-state index in [9.17, 15) is 26.3 Å². The monoisotopic (exact) mass is 282 g/mol. The molecule has 19 heavy (non-hydrogen) atoms. The van der Waals surface area contributed by atoms with Crippen LogP contribution in [0.5, 0.6) is 5.75 Å². The normalized spacial score (nSPS) is 12.9. The summed E-state index contributed by atoms with van der Waals surface area (Å²) >= 11 is 0. The summed E-state index contributed by atoms with van der Waals surface area (Å²) in [7, 11) is 0. The van der Waals surface area contributed by atoms with Crippen molar-refractivity contribution in [1.82, 2.24) is 10.2 Å². The van der Waals surface area contributed by atoms with E-state index in [1.54, 1.807) is 0 Å². The Labute approximate surface area is 101 Å². The summed E-state index contributed by atoms with van der Waals surface area (Å²) in [5.41, 5.74) is -3.11. The van der Waals surface area contributed by atoms with Crippen molar-refractivity contribution in [2.24, 2.45) is 0 Å². The third-order valence-electron chi connectivity index (χ3n) is 2.30. The zero-order valence-corrected chi connectivity index (χ0v) is 8.84. The Morgan fingerprint density at radius 3 is 1.74 bits per heavy atom. The molecule has 0 aliphatic rings. The molecule has 1 N–H and O–H groups in total. The molecule has 0 spiro atoms. The largest absolute Gasteiger partial charge is 0.508 e. The lowest BCUT2D eigenvalue weighted by molar-refractivity contribution is -0.145. The Kier molecular flexibility index (Phi) is 2.79. The number of benzene rings is 1. The van der Waals surface area contributed by atoms with E-state index >= 15 is 0 Å². The quantitative estimate of drug-likeness (QED) is 0.753. The summed E-state index contributed by atoms with van der Waals surface area (Å²) in [6.45, 7) is 0. The molecule has 1 heterocycles. The summed E-state index contributed by atoms with van der Waals surface area (Å²) in [6, 6.07) is 2.14. The van der Waals surface area contributed by atoms with Gasteiger partial charge in [0.05, 0.1) is 0 Å². The average Bonchev–Trinajstić information content (AvgIpc) is 2.24. The maximum absolute atomic E-state index is 12.6. The van der Waals surface area contributed by atoms with Crippen LogP contribution in [0.3, 0.4) is 0 Å². The van der Waals surface area contributed by atoms with Crippen LogP contribution >= 0.6 is 0 Å². The van der Waals surface area contributed by atoms with E-state index in [0.29, 0.717) is 6.07 Å². The second-order valence-electron chi connectivity index (χ2n) is 3.62. The summed E-state index contributed by atoms with van der Waals surface area (Å²) in [5.74, 6) is -0.598. The highest BCUT2D eigenvalue weighted by molar-refractivity contribution is 5.88. The first-order chi connectivity index (χ1) is 8.60. The van der Waals surface area contributed by atoms with Crippen LogP contribution in [0.25, 0.3) is 10.8 Å². The average molecular weight is 282 g/mol. The van der Waals surface area contributed by atoms with Crippen molar-refractivity contribution in [3.63, 3.8) is 0 Å². The van der Waals surface area contributed by atoms with Gasteiger partial charge in [-0.05, 0) is 18.2 Å².